The van der Waals surface area contributed by atoms with Gasteiger partial charge in [-0.3, -0.25) is 25.4 Å². The first kappa shape index (κ1) is 24.2. The zero-order valence-corrected chi connectivity index (χ0v) is 19.1. The molecule has 1 aromatic heterocycles. The maximum atomic E-state index is 12.5. The number of halogens is 1. The Balaban J connectivity index is 1.48. The Kier molecular flexibility index (Phi) is 7.99. The van der Waals surface area contributed by atoms with E-state index in [1.807, 2.05) is 12.1 Å². The lowest BCUT2D eigenvalue weighted by atomic mass is 10.2. The van der Waals surface area contributed by atoms with Crippen molar-refractivity contribution in [2.75, 3.05) is 13.6 Å². The van der Waals surface area contributed by atoms with Crippen molar-refractivity contribution in [3.8, 4) is 5.75 Å². The van der Waals surface area contributed by atoms with E-state index in [0.717, 1.165) is 9.87 Å². The number of amides is 2. The van der Waals surface area contributed by atoms with E-state index in [1.165, 1.54) is 31.3 Å². The molecule has 0 aliphatic heterocycles. The van der Waals surface area contributed by atoms with Gasteiger partial charge in [-0.15, -0.1) is 0 Å². The number of benzene rings is 2. The van der Waals surface area contributed by atoms with Gasteiger partial charge in [0.05, 0.1) is 11.4 Å². The Morgan fingerprint density at radius 1 is 0.970 bits per heavy atom. The fourth-order valence-electron chi connectivity index (χ4n) is 2.66. The maximum Gasteiger partial charge on any atom is 0.269 e. The molecule has 3 rings (SSSR count). The Morgan fingerprint density at radius 3 is 2.24 bits per heavy atom. The molecule has 0 radical (unpaired) electrons. The highest BCUT2D eigenvalue weighted by Gasteiger charge is 2.23. The van der Waals surface area contributed by atoms with Gasteiger partial charge < -0.3 is 4.74 Å². The fraction of sp³-hybridized carbons (Fsp3) is 0.136. The van der Waals surface area contributed by atoms with Crippen LogP contribution in [-0.2, 0) is 21.4 Å². The minimum absolute atomic E-state index is 0.00234. The van der Waals surface area contributed by atoms with Crippen LogP contribution >= 0.6 is 11.6 Å². The van der Waals surface area contributed by atoms with Crippen LogP contribution in [0.1, 0.15) is 15.9 Å². The Bertz CT molecular complexity index is 1200. The number of nitrogens with zero attached hydrogens (tertiary/aromatic N) is 2. The summed E-state index contributed by atoms with van der Waals surface area (Å²) in [6.45, 7) is -0.135. The van der Waals surface area contributed by atoms with Crippen molar-refractivity contribution in [3.05, 3.63) is 89.2 Å². The van der Waals surface area contributed by atoms with Gasteiger partial charge in [-0.2, -0.15) is 4.31 Å². The molecular formula is C22H21ClN4O5S. The number of carbonyl (C=O) groups is 2. The Hall–Kier alpha value is -3.47. The smallest absolute Gasteiger partial charge is 0.269 e. The van der Waals surface area contributed by atoms with Gasteiger partial charge in [0.25, 0.3) is 11.8 Å². The molecule has 2 N–H and O–H groups in total. The maximum absolute atomic E-state index is 12.5. The third kappa shape index (κ3) is 6.75. The predicted octanol–water partition coefficient (Wildman–Crippen LogP) is 2.40. The van der Waals surface area contributed by atoms with Gasteiger partial charge in [0.1, 0.15) is 12.4 Å². The van der Waals surface area contributed by atoms with Gasteiger partial charge >= 0.3 is 0 Å². The summed E-state index contributed by atoms with van der Waals surface area (Å²) in [6.07, 6.45) is 3.34. The highest BCUT2D eigenvalue weighted by Crippen LogP contribution is 2.17. The molecule has 1 heterocycles. The topological polar surface area (TPSA) is 118 Å². The molecule has 0 saturated carbocycles. The second-order valence-corrected chi connectivity index (χ2v) is 9.37. The minimum atomic E-state index is -3.89. The molecule has 0 aliphatic carbocycles. The van der Waals surface area contributed by atoms with Gasteiger partial charge in [0.2, 0.25) is 10.0 Å². The zero-order valence-electron chi connectivity index (χ0n) is 17.6. The molecule has 0 fully saturated rings. The predicted molar refractivity (Wildman–Crippen MR) is 122 cm³/mol. The molecule has 0 unspecified atom stereocenters. The van der Waals surface area contributed by atoms with Crippen LogP contribution in [0.4, 0.5) is 0 Å². The van der Waals surface area contributed by atoms with Crippen molar-refractivity contribution in [1.29, 1.82) is 0 Å². The first-order chi connectivity index (χ1) is 15.8. The van der Waals surface area contributed by atoms with Crippen molar-refractivity contribution < 1.29 is 22.7 Å². The highest BCUT2D eigenvalue weighted by molar-refractivity contribution is 7.89. The third-order valence-electron chi connectivity index (χ3n) is 4.47. The molecule has 0 spiro atoms. The summed E-state index contributed by atoms with van der Waals surface area (Å²) in [5.74, 6) is -0.700. The molecule has 33 heavy (non-hydrogen) atoms. The van der Waals surface area contributed by atoms with E-state index in [2.05, 4.69) is 15.8 Å². The van der Waals surface area contributed by atoms with Crippen LogP contribution in [0, 0.1) is 0 Å². The van der Waals surface area contributed by atoms with Crippen molar-refractivity contribution >= 4 is 33.4 Å². The number of nitrogens with one attached hydrogen (secondary N) is 2. The molecule has 0 saturated heterocycles. The second-order valence-electron chi connectivity index (χ2n) is 6.89. The number of rotatable bonds is 8. The number of carbonyl (C=O) groups excluding carboxylic acids is 2. The quantitative estimate of drug-likeness (QED) is 0.470. The molecule has 3 aromatic rings. The summed E-state index contributed by atoms with van der Waals surface area (Å²) in [5.41, 5.74) is 5.70. The summed E-state index contributed by atoms with van der Waals surface area (Å²) in [6, 6.07) is 15.6. The number of hydrogen-bond donors (Lipinski definition) is 2. The van der Waals surface area contributed by atoms with Crippen LogP contribution in [0.25, 0.3) is 0 Å². The number of hydrogen-bond acceptors (Lipinski definition) is 6. The van der Waals surface area contributed by atoms with Crippen LogP contribution in [0.2, 0.25) is 5.02 Å². The van der Waals surface area contributed by atoms with Crippen LogP contribution in [0.15, 0.2) is 78.0 Å². The number of sulfonamides is 1. The molecule has 2 amide bonds. The van der Waals surface area contributed by atoms with E-state index >= 15 is 0 Å². The number of aromatic nitrogens is 1. The summed E-state index contributed by atoms with van der Waals surface area (Å²) in [5, 5.41) is 0.394. The monoisotopic (exact) mass is 488 g/mol. The van der Waals surface area contributed by atoms with E-state index in [-0.39, 0.29) is 10.5 Å². The molecule has 9 nitrogen and oxygen atoms in total. The van der Waals surface area contributed by atoms with Gasteiger partial charge in [-0.05, 0) is 66.2 Å². The lowest BCUT2D eigenvalue weighted by Gasteiger charge is -2.17. The standard InChI is InChI=1S/C22H21ClN4O5S/c1-27(33(30,31)20-8-4-18(23)5-9-20)14-21(28)25-26-22(29)17-2-6-19(7-3-17)32-15-16-10-12-24-13-11-16/h2-13H,14-15H2,1H3,(H,25,28)(H,26,29). The van der Waals surface area contributed by atoms with Gasteiger partial charge in [0.15, 0.2) is 0 Å². The number of pyridine rings is 1. The lowest BCUT2D eigenvalue weighted by molar-refractivity contribution is -0.121. The fourth-order valence-corrected chi connectivity index (χ4v) is 3.91. The van der Waals surface area contributed by atoms with Gasteiger partial charge in [-0.1, -0.05) is 11.6 Å². The molecule has 0 aliphatic rings. The minimum Gasteiger partial charge on any atom is -0.489 e. The number of likely N-dealkylation sites (N-methyl/N-ethyl adjacent to an activating group) is 1. The summed E-state index contributed by atoms with van der Waals surface area (Å²) in [4.78, 5) is 28.3. The molecule has 0 bridgehead atoms. The normalized spacial score (nSPS) is 11.1. The zero-order chi connectivity index (χ0) is 23.8. The molecule has 2 aromatic carbocycles. The van der Waals surface area contributed by atoms with E-state index in [4.69, 9.17) is 16.3 Å². The summed E-state index contributed by atoms with van der Waals surface area (Å²) in [7, 11) is -2.63. The Labute approximate surface area is 196 Å². The first-order valence-electron chi connectivity index (χ1n) is 9.68. The second kappa shape index (κ2) is 10.9. The van der Waals surface area contributed by atoms with Gasteiger partial charge in [-0.25, -0.2) is 8.42 Å². The van der Waals surface area contributed by atoms with Crippen LogP contribution in [0.3, 0.4) is 0 Å². The van der Waals surface area contributed by atoms with Crippen molar-refractivity contribution in [3.63, 3.8) is 0 Å². The molecule has 11 heteroatoms. The average molecular weight is 489 g/mol. The Morgan fingerprint density at radius 2 is 1.61 bits per heavy atom. The number of hydrazine groups is 1. The highest BCUT2D eigenvalue weighted by atomic mass is 35.5. The summed E-state index contributed by atoms with van der Waals surface area (Å²) < 4.78 is 31.5. The van der Waals surface area contributed by atoms with Crippen molar-refractivity contribution in [2.45, 2.75) is 11.5 Å². The molecule has 172 valence electrons. The van der Waals surface area contributed by atoms with Crippen molar-refractivity contribution in [2.24, 2.45) is 0 Å². The largest absolute Gasteiger partial charge is 0.489 e. The molecular weight excluding hydrogens is 468 g/mol. The van der Waals surface area contributed by atoms with Crippen LogP contribution in [0.5, 0.6) is 5.75 Å². The molecule has 0 atom stereocenters. The van der Waals surface area contributed by atoms with E-state index in [9.17, 15) is 18.0 Å². The summed E-state index contributed by atoms with van der Waals surface area (Å²) >= 11 is 5.78. The SMILES string of the molecule is CN(CC(=O)NNC(=O)c1ccc(OCc2ccncc2)cc1)S(=O)(=O)c1ccc(Cl)cc1. The first-order valence-corrected chi connectivity index (χ1v) is 11.5. The lowest BCUT2D eigenvalue weighted by Crippen LogP contribution is -2.46. The average Bonchev–Trinajstić information content (AvgIpc) is 2.82. The van der Waals surface area contributed by atoms with Gasteiger partial charge in [0, 0.05) is 30.0 Å². The van der Waals surface area contributed by atoms with Crippen molar-refractivity contribution in [1.82, 2.24) is 20.1 Å². The van der Waals surface area contributed by atoms with Crippen LogP contribution in [-0.4, -0.2) is 43.1 Å². The van der Waals surface area contributed by atoms with E-state index < -0.39 is 28.4 Å². The van der Waals surface area contributed by atoms with Crippen LogP contribution < -0.4 is 15.6 Å². The third-order valence-corrected chi connectivity index (χ3v) is 6.54. The number of ether oxygens (including phenoxy) is 1. The van der Waals surface area contributed by atoms with E-state index in [0.29, 0.717) is 17.4 Å². The van der Waals surface area contributed by atoms with E-state index in [1.54, 1.807) is 36.7 Å².